The summed E-state index contributed by atoms with van der Waals surface area (Å²) in [7, 11) is 0. The summed E-state index contributed by atoms with van der Waals surface area (Å²) in [6.45, 7) is 0.301. The van der Waals surface area contributed by atoms with Crippen LogP contribution in [0.2, 0.25) is 0 Å². The summed E-state index contributed by atoms with van der Waals surface area (Å²) in [6.07, 6.45) is 4.09. The van der Waals surface area contributed by atoms with Crippen LogP contribution in [0.4, 0.5) is 0 Å². The molecule has 0 saturated carbocycles. The zero-order chi connectivity index (χ0) is 21.1. The van der Waals surface area contributed by atoms with E-state index < -0.39 is 5.97 Å². The normalized spacial score (nSPS) is 15.3. The van der Waals surface area contributed by atoms with E-state index in [0.29, 0.717) is 22.2 Å². The van der Waals surface area contributed by atoms with Gasteiger partial charge in [-0.05, 0) is 36.1 Å². The Bertz CT molecular complexity index is 1120. The number of carboxylic acids is 1. The minimum Gasteiger partial charge on any atom is -0.481 e. The quantitative estimate of drug-likeness (QED) is 0.412. The Morgan fingerprint density at radius 2 is 2.00 bits per heavy atom. The van der Waals surface area contributed by atoms with Gasteiger partial charge in [0.2, 0.25) is 0 Å². The zero-order valence-corrected chi connectivity index (χ0v) is 18.2. The zero-order valence-electron chi connectivity index (χ0n) is 15.7. The molecule has 2 aromatic heterocycles. The van der Waals surface area contributed by atoms with Crippen LogP contribution >= 0.6 is 35.3 Å². The highest BCUT2D eigenvalue weighted by atomic mass is 32.2. The molecule has 152 valence electrons. The molecule has 3 heterocycles. The molecule has 1 aliphatic rings. The van der Waals surface area contributed by atoms with E-state index in [1.54, 1.807) is 16.0 Å². The van der Waals surface area contributed by atoms with Crippen molar-refractivity contribution in [3.05, 3.63) is 64.5 Å². The number of carbonyl (C=O) groups excluding carboxylic acids is 1. The maximum atomic E-state index is 12.8. The molecule has 0 spiro atoms. The molecule has 1 aromatic carbocycles. The monoisotopic (exact) mass is 455 g/mol. The third-order valence-corrected chi connectivity index (χ3v) is 6.70. The van der Waals surface area contributed by atoms with Crippen molar-refractivity contribution in [2.24, 2.45) is 0 Å². The van der Waals surface area contributed by atoms with Crippen molar-refractivity contribution in [3.8, 4) is 16.3 Å². The summed E-state index contributed by atoms with van der Waals surface area (Å²) >= 11 is 8.16. The van der Waals surface area contributed by atoms with Crippen molar-refractivity contribution in [2.75, 3.05) is 6.54 Å². The molecule has 4 rings (SSSR count). The maximum absolute atomic E-state index is 12.8. The fourth-order valence-corrected chi connectivity index (χ4v) is 5.06. The first-order chi connectivity index (χ1) is 14.5. The van der Waals surface area contributed by atoms with E-state index in [4.69, 9.17) is 22.4 Å². The highest BCUT2D eigenvalue weighted by Gasteiger charge is 2.32. The van der Waals surface area contributed by atoms with E-state index in [1.165, 1.54) is 16.7 Å². The number of carbonyl (C=O) groups is 2. The lowest BCUT2D eigenvalue weighted by atomic mass is 10.2. The second kappa shape index (κ2) is 8.95. The molecule has 0 aliphatic carbocycles. The van der Waals surface area contributed by atoms with Gasteiger partial charge in [0, 0.05) is 24.7 Å². The Morgan fingerprint density at radius 3 is 2.70 bits per heavy atom. The van der Waals surface area contributed by atoms with Gasteiger partial charge >= 0.3 is 5.97 Å². The van der Waals surface area contributed by atoms with Crippen LogP contribution in [0.1, 0.15) is 18.4 Å². The first kappa shape index (κ1) is 20.5. The largest absolute Gasteiger partial charge is 0.481 e. The number of rotatable bonds is 7. The van der Waals surface area contributed by atoms with Gasteiger partial charge in [-0.2, -0.15) is 5.10 Å². The van der Waals surface area contributed by atoms with Crippen LogP contribution in [0.25, 0.3) is 22.3 Å². The first-order valence-electron chi connectivity index (χ1n) is 9.19. The van der Waals surface area contributed by atoms with Gasteiger partial charge in [0.15, 0.2) is 0 Å². The van der Waals surface area contributed by atoms with Crippen molar-refractivity contribution in [2.45, 2.75) is 12.8 Å². The van der Waals surface area contributed by atoms with Gasteiger partial charge < -0.3 is 5.11 Å². The lowest BCUT2D eigenvalue weighted by Gasteiger charge is -2.13. The van der Waals surface area contributed by atoms with Crippen molar-refractivity contribution >= 4 is 57.6 Å². The lowest BCUT2D eigenvalue weighted by Crippen LogP contribution is -2.29. The van der Waals surface area contributed by atoms with Crippen molar-refractivity contribution in [1.82, 2.24) is 14.7 Å². The molecule has 1 amide bonds. The molecule has 0 radical (unpaired) electrons. The van der Waals surface area contributed by atoms with Crippen LogP contribution in [-0.2, 0) is 9.59 Å². The fourth-order valence-electron chi connectivity index (χ4n) is 3.03. The van der Waals surface area contributed by atoms with Crippen LogP contribution in [0.3, 0.4) is 0 Å². The first-order valence-corrected chi connectivity index (χ1v) is 11.3. The highest BCUT2D eigenvalue weighted by Crippen LogP contribution is 2.35. The molecule has 9 heteroatoms. The molecule has 3 aromatic rings. The van der Waals surface area contributed by atoms with Gasteiger partial charge in [-0.15, -0.1) is 11.3 Å². The number of carboxylic acid groups (broad SMARTS) is 1. The number of thiocarbonyl (C=S) groups is 1. The van der Waals surface area contributed by atoms with E-state index in [0.717, 1.165) is 21.8 Å². The number of thiophene rings is 1. The number of para-hydroxylation sites is 1. The Morgan fingerprint density at radius 1 is 1.20 bits per heavy atom. The molecule has 1 saturated heterocycles. The van der Waals surface area contributed by atoms with Gasteiger partial charge in [-0.1, -0.05) is 48.2 Å². The molecular weight excluding hydrogens is 438 g/mol. The van der Waals surface area contributed by atoms with Crippen LogP contribution in [-0.4, -0.2) is 42.5 Å². The van der Waals surface area contributed by atoms with Crippen molar-refractivity contribution in [1.29, 1.82) is 0 Å². The topological polar surface area (TPSA) is 75.4 Å². The summed E-state index contributed by atoms with van der Waals surface area (Å²) in [5.74, 6) is -1.08. The fraction of sp³-hybridized carbons (Fsp3) is 0.143. The van der Waals surface area contributed by atoms with E-state index in [-0.39, 0.29) is 12.3 Å². The van der Waals surface area contributed by atoms with Crippen molar-refractivity contribution in [3.63, 3.8) is 0 Å². The average molecular weight is 456 g/mol. The van der Waals surface area contributed by atoms with E-state index in [2.05, 4.69) is 0 Å². The van der Waals surface area contributed by atoms with Gasteiger partial charge in [-0.25, -0.2) is 4.68 Å². The van der Waals surface area contributed by atoms with E-state index >= 15 is 0 Å². The number of nitrogens with zero attached hydrogens (tertiary/aromatic N) is 3. The van der Waals surface area contributed by atoms with Crippen LogP contribution in [0.15, 0.2) is 58.9 Å². The second-order valence-corrected chi connectivity index (χ2v) is 9.14. The van der Waals surface area contributed by atoms with Crippen LogP contribution in [0.5, 0.6) is 0 Å². The van der Waals surface area contributed by atoms with Gasteiger partial charge in [-0.3, -0.25) is 14.5 Å². The summed E-state index contributed by atoms with van der Waals surface area (Å²) < 4.78 is 2.25. The predicted octanol–water partition coefficient (Wildman–Crippen LogP) is 4.67. The highest BCUT2D eigenvalue weighted by molar-refractivity contribution is 8.26. The third kappa shape index (κ3) is 4.38. The second-order valence-electron chi connectivity index (χ2n) is 6.52. The minimum absolute atomic E-state index is 0.00246. The van der Waals surface area contributed by atoms with Crippen LogP contribution in [0, 0.1) is 0 Å². The Labute approximate surface area is 186 Å². The van der Waals surface area contributed by atoms with Gasteiger partial charge in [0.1, 0.15) is 10.0 Å². The number of amides is 1. The van der Waals surface area contributed by atoms with Gasteiger partial charge in [0.25, 0.3) is 5.91 Å². The number of aromatic nitrogens is 2. The molecule has 6 nitrogen and oxygen atoms in total. The molecule has 1 N–H and O–H groups in total. The molecule has 1 fully saturated rings. The summed E-state index contributed by atoms with van der Waals surface area (Å²) in [5.41, 5.74) is 2.55. The summed E-state index contributed by atoms with van der Waals surface area (Å²) in [4.78, 5) is 26.6. The van der Waals surface area contributed by atoms with E-state index in [1.807, 2.05) is 60.1 Å². The Hall–Kier alpha value is -2.75. The van der Waals surface area contributed by atoms with Crippen LogP contribution < -0.4 is 0 Å². The molecule has 1 aliphatic heterocycles. The predicted molar refractivity (Wildman–Crippen MR) is 124 cm³/mol. The number of benzene rings is 1. The summed E-state index contributed by atoms with van der Waals surface area (Å²) in [6, 6.07) is 13.7. The summed E-state index contributed by atoms with van der Waals surface area (Å²) in [5, 5.41) is 15.6. The minimum atomic E-state index is -0.884. The SMILES string of the molecule is O=C(O)CCCN1C(=O)/C(=C\c2cn(-c3ccccc3)nc2-c2cccs2)SC1=S. The standard InChI is InChI=1S/C21H17N3O3S3/c25-18(26)9-4-10-23-20(27)17(30-21(23)28)12-14-13-24(15-6-2-1-3-7-15)22-19(14)16-8-5-11-29-16/h1-3,5-8,11-13H,4,9-10H2,(H,25,26)/b17-12+. The molecular formula is C21H17N3O3S3. The number of thioether (sulfide) groups is 1. The maximum Gasteiger partial charge on any atom is 0.303 e. The van der Waals surface area contributed by atoms with E-state index in [9.17, 15) is 9.59 Å². The lowest BCUT2D eigenvalue weighted by molar-refractivity contribution is -0.137. The van der Waals surface area contributed by atoms with Gasteiger partial charge in [0.05, 0.1) is 15.5 Å². The van der Waals surface area contributed by atoms with Crippen molar-refractivity contribution < 1.29 is 14.7 Å². The molecule has 0 atom stereocenters. The molecule has 0 bridgehead atoms. The molecule has 30 heavy (non-hydrogen) atoms. The number of hydrogen-bond donors (Lipinski definition) is 1. The smallest absolute Gasteiger partial charge is 0.303 e. The average Bonchev–Trinajstić information content (AvgIpc) is 3.45. The third-order valence-electron chi connectivity index (χ3n) is 4.45. The Kier molecular flexibility index (Phi) is 6.12. The number of aliphatic carboxylic acids is 1. The molecule has 0 unspecified atom stereocenters. The number of hydrogen-bond acceptors (Lipinski definition) is 6. The Balaban J connectivity index is 1.66.